The molecule has 0 radical (unpaired) electrons. The molecule has 100 valence electrons. The summed E-state index contributed by atoms with van der Waals surface area (Å²) in [5, 5.41) is 0. The molecular formula is C13H23N5. The topological polar surface area (TPSA) is 67.1 Å². The van der Waals surface area contributed by atoms with Gasteiger partial charge in [-0.25, -0.2) is 10.8 Å². The number of nitrogen functional groups attached to an aromatic ring is 1. The zero-order chi connectivity index (χ0) is 13.1. The van der Waals surface area contributed by atoms with Gasteiger partial charge in [-0.05, 0) is 32.1 Å². The summed E-state index contributed by atoms with van der Waals surface area (Å²) in [6.07, 6.45) is 3.75. The van der Waals surface area contributed by atoms with Crippen LogP contribution >= 0.6 is 0 Å². The van der Waals surface area contributed by atoms with E-state index in [-0.39, 0.29) is 0 Å². The number of nitrogens with zero attached hydrogens (tertiary/aromatic N) is 3. The minimum absolute atomic E-state index is 0.367. The molecular weight excluding hydrogens is 226 g/mol. The summed E-state index contributed by atoms with van der Waals surface area (Å²) in [5.41, 5.74) is 4.85. The van der Waals surface area contributed by atoms with Crippen LogP contribution in [0.15, 0.2) is 0 Å². The molecule has 18 heavy (non-hydrogen) atoms. The Bertz CT molecular complexity index is 410. The van der Waals surface area contributed by atoms with Gasteiger partial charge in [0.1, 0.15) is 5.82 Å². The Hall–Kier alpha value is -1.36. The summed E-state index contributed by atoms with van der Waals surface area (Å²) >= 11 is 0. The smallest absolute Gasteiger partial charge is 0.227 e. The van der Waals surface area contributed by atoms with E-state index in [0.29, 0.717) is 5.92 Å². The SMILES string of the molecule is Cc1nc(N2CCCCC2)nc(NN)c1C(C)C. The average molecular weight is 249 g/mol. The van der Waals surface area contributed by atoms with E-state index in [1.54, 1.807) is 0 Å². The van der Waals surface area contributed by atoms with Crippen molar-refractivity contribution >= 4 is 11.8 Å². The highest BCUT2D eigenvalue weighted by Crippen LogP contribution is 2.27. The monoisotopic (exact) mass is 249 g/mol. The van der Waals surface area contributed by atoms with Gasteiger partial charge in [-0.15, -0.1) is 0 Å². The molecule has 0 saturated carbocycles. The van der Waals surface area contributed by atoms with Crippen LogP contribution in [0.25, 0.3) is 0 Å². The largest absolute Gasteiger partial charge is 0.341 e. The summed E-state index contributed by atoms with van der Waals surface area (Å²) in [4.78, 5) is 11.5. The van der Waals surface area contributed by atoms with E-state index in [1.807, 2.05) is 6.92 Å². The van der Waals surface area contributed by atoms with Crippen LogP contribution in [-0.2, 0) is 0 Å². The van der Waals surface area contributed by atoms with E-state index >= 15 is 0 Å². The predicted octanol–water partition coefficient (Wildman–Crippen LogP) is 2.18. The summed E-state index contributed by atoms with van der Waals surface area (Å²) in [7, 11) is 0. The van der Waals surface area contributed by atoms with Crippen LogP contribution in [0.1, 0.15) is 50.3 Å². The molecule has 1 aliphatic heterocycles. The molecule has 5 heteroatoms. The first kappa shape index (κ1) is 13.1. The lowest BCUT2D eigenvalue weighted by atomic mass is 10.0. The molecule has 0 amide bonds. The van der Waals surface area contributed by atoms with Gasteiger partial charge in [0, 0.05) is 24.3 Å². The van der Waals surface area contributed by atoms with Crippen molar-refractivity contribution in [1.29, 1.82) is 0 Å². The molecule has 1 fully saturated rings. The van der Waals surface area contributed by atoms with Gasteiger partial charge in [-0.1, -0.05) is 13.8 Å². The summed E-state index contributed by atoms with van der Waals surface area (Å²) < 4.78 is 0. The minimum atomic E-state index is 0.367. The van der Waals surface area contributed by atoms with Crippen molar-refractivity contribution in [3.63, 3.8) is 0 Å². The Morgan fingerprint density at radius 1 is 1.17 bits per heavy atom. The first-order valence-electron chi connectivity index (χ1n) is 6.73. The van der Waals surface area contributed by atoms with Crippen LogP contribution in [0.2, 0.25) is 0 Å². The van der Waals surface area contributed by atoms with Crippen LogP contribution in [0.4, 0.5) is 11.8 Å². The van der Waals surface area contributed by atoms with Gasteiger partial charge in [0.15, 0.2) is 0 Å². The molecule has 3 N–H and O–H groups in total. The van der Waals surface area contributed by atoms with E-state index < -0.39 is 0 Å². The number of anilines is 2. The van der Waals surface area contributed by atoms with Crippen LogP contribution in [-0.4, -0.2) is 23.1 Å². The third kappa shape index (κ3) is 2.56. The number of hydrogen-bond donors (Lipinski definition) is 2. The second-order valence-corrected chi connectivity index (χ2v) is 5.22. The Labute approximate surface area is 109 Å². The number of hydrogen-bond acceptors (Lipinski definition) is 5. The highest BCUT2D eigenvalue weighted by Gasteiger charge is 2.18. The fraction of sp³-hybridized carbons (Fsp3) is 0.692. The van der Waals surface area contributed by atoms with Crippen LogP contribution in [0, 0.1) is 6.92 Å². The normalized spacial score (nSPS) is 16.2. The lowest BCUT2D eigenvalue weighted by Crippen LogP contribution is -2.31. The van der Waals surface area contributed by atoms with Gasteiger partial charge in [0.25, 0.3) is 0 Å². The molecule has 0 bridgehead atoms. The molecule has 1 aromatic heterocycles. The molecule has 5 nitrogen and oxygen atoms in total. The Balaban J connectivity index is 2.35. The van der Waals surface area contributed by atoms with Crippen molar-refractivity contribution in [3.05, 3.63) is 11.3 Å². The molecule has 0 aromatic carbocycles. The van der Waals surface area contributed by atoms with E-state index in [2.05, 4.69) is 34.1 Å². The van der Waals surface area contributed by atoms with Crippen molar-refractivity contribution in [3.8, 4) is 0 Å². The van der Waals surface area contributed by atoms with E-state index in [0.717, 1.165) is 36.1 Å². The quantitative estimate of drug-likeness (QED) is 0.635. The Kier molecular flexibility index (Phi) is 4.01. The number of nitrogens with one attached hydrogen (secondary N) is 1. The van der Waals surface area contributed by atoms with Crippen molar-refractivity contribution < 1.29 is 0 Å². The third-order valence-electron chi connectivity index (χ3n) is 3.48. The Morgan fingerprint density at radius 3 is 2.39 bits per heavy atom. The molecule has 1 aliphatic rings. The maximum absolute atomic E-state index is 5.60. The number of rotatable bonds is 3. The van der Waals surface area contributed by atoms with Gasteiger partial charge in [-0.3, -0.25) is 0 Å². The van der Waals surface area contributed by atoms with E-state index in [1.165, 1.54) is 19.3 Å². The minimum Gasteiger partial charge on any atom is -0.341 e. The van der Waals surface area contributed by atoms with Crippen molar-refractivity contribution in [2.45, 2.75) is 46.0 Å². The molecule has 2 rings (SSSR count). The second-order valence-electron chi connectivity index (χ2n) is 5.22. The maximum atomic E-state index is 5.60. The summed E-state index contributed by atoms with van der Waals surface area (Å²) in [6.45, 7) is 8.39. The molecule has 1 aromatic rings. The number of aromatic nitrogens is 2. The first-order valence-corrected chi connectivity index (χ1v) is 6.73. The molecule has 0 atom stereocenters. The van der Waals surface area contributed by atoms with Gasteiger partial charge < -0.3 is 10.3 Å². The highest BCUT2D eigenvalue weighted by atomic mass is 15.3. The van der Waals surface area contributed by atoms with Crippen molar-refractivity contribution in [2.24, 2.45) is 5.84 Å². The van der Waals surface area contributed by atoms with E-state index in [9.17, 15) is 0 Å². The van der Waals surface area contributed by atoms with Crippen LogP contribution in [0.3, 0.4) is 0 Å². The van der Waals surface area contributed by atoms with E-state index in [4.69, 9.17) is 5.84 Å². The van der Waals surface area contributed by atoms with Crippen molar-refractivity contribution in [1.82, 2.24) is 9.97 Å². The zero-order valence-electron chi connectivity index (χ0n) is 11.5. The molecule has 1 saturated heterocycles. The second kappa shape index (κ2) is 5.52. The van der Waals surface area contributed by atoms with Gasteiger partial charge in [0.05, 0.1) is 0 Å². The van der Waals surface area contributed by atoms with Gasteiger partial charge >= 0.3 is 0 Å². The van der Waals surface area contributed by atoms with Gasteiger partial charge in [-0.2, -0.15) is 4.98 Å². The van der Waals surface area contributed by atoms with Crippen molar-refractivity contribution in [2.75, 3.05) is 23.4 Å². The fourth-order valence-electron chi connectivity index (χ4n) is 2.60. The lowest BCUT2D eigenvalue weighted by molar-refractivity contribution is 0.567. The standard InChI is InChI=1S/C13H23N5/c1-9(2)11-10(3)15-13(16-12(11)17-14)18-7-5-4-6-8-18/h9H,4-8,14H2,1-3H3,(H,15,16,17). The number of nitrogens with two attached hydrogens (primary N) is 1. The average Bonchev–Trinajstić information content (AvgIpc) is 2.38. The first-order chi connectivity index (χ1) is 8.63. The number of aryl methyl sites for hydroxylation is 1. The number of piperidine rings is 1. The third-order valence-corrected chi connectivity index (χ3v) is 3.48. The summed E-state index contributed by atoms with van der Waals surface area (Å²) in [5.74, 6) is 7.54. The number of hydrazine groups is 1. The van der Waals surface area contributed by atoms with Gasteiger partial charge in [0.2, 0.25) is 5.95 Å². The van der Waals surface area contributed by atoms with Crippen LogP contribution in [0.5, 0.6) is 0 Å². The zero-order valence-corrected chi connectivity index (χ0v) is 11.5. The molecule has 0 aliphatic carbocycles. The predicted molar refractivity (Wildman–Crippen MR) is 74.7 cm³/mol. The lowest BCUT2D eigenvalue weighted by Gasteiger charge is -2.28. The molecule has 0 spiro atoms. The molecule has 0 unspecified atom stereocenters. The highest BCUT2D eigenvalue weighted by molar-refractivity contribution is 5.52. The summed E-state index contributed by atoms with van der Waals surface area (Å²) in [6, 6.07) is 0. The fourth-order valence-corrected chi connectivity index (χ4v) is 2.60. The molecule has 2 heterocycles. The maximum Gasteiger partial charge on any atom is 0.227 e. The Morgan fingerprint density at radius 2 is 1.83 bits per heavy atom. The van der Waals surface area contributed by atoms with Crippen LogP contribution < -0.4 is 16.2 Å².